The molecule has 0 saturated carbocycles. The van der Waals surface area contributed by atoms with E-state index < -0.39 is 0 Å². The molecule has 5 nitrogen and oxygen atoms in total. The summed E-state index contributed by atoms with van der Waals surface area (Å²) >= 11 is 0. The highest BCUT2D eigenvalue weighted by atomic mass is 16.5. The van der Waals surface area contributed by atoms with Gasteiger partial charge in [0.2, 0.25) is 0 Å². The Morgan fingerprint density at radius 1 is 1.30 bits per heavy atom. The summed E-state index contributed by atoms with van der Waals surface area (Å²) < 4.78 is 13.3. The number of hydrogen-bond donors (Lipinski definition) is 0. The largest absolute Gasteiger partial charge is 0.493 e. The molecule has 1 aromatic carbocycles. The average molecular weight is 370 g/mol. The molecular weight excluding hydrogens is 338 g/mol. The van der Waals surface area contributed by atoms with Crippen molar-refractivity contribution in [1.82, 2.24) is 14.5 Å². The summed E-state index contributed by atoms with van der Waals surface area (Å²) in [5.74, 6) is 2.15. The highest BCUT2D eigenvalue weighted by molar-refractivity contribution is 5.75. The van der Waals surface area contributed by atoms with E-state index in [1.54, 1.807) is 19.3 Å². The molecule has 0 aliphatic carbocycles. The van der Waals surface area contributed by atoms with Crippen LogP contribution in [0.5, 0.6) is 0 Å². The van der Waals surface area contributed by atoms with E-state index >= 15 is 0 Å². The van der Waals surface area contributed by atoms with E-state index in [1.165, 1.54) is 0 Å². The van der Waals surface area contributed by atoms with E-state index in [4.69, 9.17) is 14.5 Å². The Hall–Kier alpha value is -2.53. The van der Waals surface area contributed by atoms with Crippen molar-refractivity contribution in [3.63, 3.8) is 0 Å². The second-order valence-corrected chi connectivity index (χ2v) is 6.28. The summed E-state index contributed by atoms with van der Waals surface area (Å²) in [5.41, 5.74) is 2.15. The average Bonchev–Trinajstić information content (AvgIpc) is 3.03. The topological polar surface area (TPSA) is 39.5 Å². The molecule has 0 spiro atoms. The maximum absolute atomic E-state index is 5.89. The van der Waals surface area contributed by atoms with Crippen molar-refractivity contribution in [2.24, 2.45) is 0 Å². The molecule has 0 radical (unpaired) electrons. The first-order valence-corrected chi connectivity index (χ1v) is 9.49. The number of methoxy groups -OCH3 is 1. The number of imidazole rings is 1. The van der Waals surface area contributed by atoms with Crippen LogP contribution in [0.2, 0.25) is 0 Å². The zero-order chi connectivity index (χ0) is 19.6. The van der Waals surface area contributed by atoms with Crippen LogP contribution in [0.4, 0.5) is 0 Å². The lowest BCUT2D eigenvalue weighted by atomic mass is 10.3. The molecular formula is C22H31N3O2. The Balaban J connectivity index is 2.20. The van der Waals surface area contributed by atoms with Crippen LogP contribution in [-0.2, 0) is 22.6 Å². The van der Waals surface area contributed by atoms with Crippen molar-refractivity contribution in [3.05, 3.63) is 66.9 Å². The zero-order valence-electron chi connectivity index (χ0n) is 16.8. The number of hydrogen-bond acceptors (Lipinski definition) is 4. The Bertz CT molecular complexity index is 792. The number of aromatic nitrogens is 2. The van der Waals surface area contributed by atoms with Gasteiger partial charge in [-0.2, -0.15) is 0 Å². The van der Waals surface area contributed by atoms with E-state index in [2.05, 4.69) is 48.6 Å². The molecule has 0 saturated heterocycles. The molecule has 27 heavy (non-hydrogen) atoms. The van der Waals surface area contributed by atoms with Gasteiger partial charge in [-0.05, 0) is 37.7 Å². The molecule has 0 unspecified atom stereocenters. The van der Waals surface area contributed by atoms with E-state index in [9.17, 15) is 0 Å². The lowest BCUT2D eigenvalue weighted by molar-refractivity contribution is 0.168. The predicted molar refractivity (Wildman–Crippen MR) is 111 cm³/mol. The molecule has 2 rings (SSSR count). The van der Waals surface area contributed by atoms with Crippen LogP contribution in [0.25, 0.3) is 11.0 Å². The summed E-state index contributed by atoms with van der Waals surface area (Å²) in [6, 6.07) is 8.24. The van der Waals surface area contributed by atoms with E-state index in [0.29, 0.717) is 24.7 Å². The van der Waals surface area contributed by atoms with Crippen LogP contribution >= 0.6 is 0 Å². The van der Waals surface area contributed by atoms with Gasteiger partial charge in [0.15, 0.2) is 11.5 Å². The Morgan fingerprint density at radius 3 is 2.74 bits per heavy atom. The van der Waals surface area contributed by atoms with Crippen LogP contribution in [0.15, 0.2) is 61.1 Å². The second kappa shape index (κ2) is 10.6. The molecule has 146 valence electrons. The molecule has 0 amide bonds. The number of fused-ring (bicyclic) bond motifs is 1. The maximum atomic E-state index is 5.89. The van der Waals surface area contributed by atoms with Crippen molar-refractivity contribution in [2.75, 3.05) is 26.8 Å². The van der Waals surface area contributed by atoms with Gasteiger partial charge in [-0.25, -0.2) is 4.98 Å². The monoisotopic (exact) mass is 369 g/mol. The molecule has 0 bridgehead atoms. The number of para-hydroxylation sites is 2. The summed E-state index contributed by atoms with van der Waals surface area (Å²) in [7, 11) is 1.58. The number of rotatable bonds is 12. The fourth-order valence-corrected chi connectivity index (χ4v) is 3.04. The molecule has 0 aliphatic rings. The van der Waals surface area contributed by atoms with Crippen molar-refractivity contribution >= 4 is 11.0 Å². The fourth-order valence-electron chi connectivity index (χ4n) is 3.04. The summed E-state index contributed by atoms with van der Waals surface area (Å²) in [4.78, 5) is 7.27. The highest BCUT2D eigenvalue weighted by Gasteiger charge is 2.14. The zero-order valence-corrected chi connectivity index (χ0v) is 16.8. The fraction of sp³-hybridized carbons (Fsp3) is 0.409. The lowest BCUT2D eigenvalue weighted by Crippen LogP contribution is -2.26. The van der Waals surface area contributed by atoms with Crippen molar-refractivity contribution in [1.29, 1.82) is 0 Å². The maximum Gasteiger partial charge on any atom is 0.160 e. The van der Waals surface area contributed by atoms with E-state index in [0.717, 1.165) is 42.9 Å². The third kappa shape index (κ3) is 5.47. The van der Waals surface area contributed by atoms with Gasteiger partial charge < -0.3 is 14.0 Å². The van der Waals surface area contributed by atoms with Gasteiger partial charge >= 0.3 is 0 Å². The van der Waals surface area contributed by atoms with Gasteiger partial charge in [0.1, 0.15) is 12.4 Å². The van der Waals surface area contributed by atoms with Gasteiger partial charge in [0.25, 0.3) is 0 Å². The van der Waals surface area contributed by atoms with E-state index in [1.807, 2.05) is 12.1 Å². The standard InChI is InChI=1S/C22H31N3O2/c1-6-11-21(18(4)26-5)27-16-15-25-20-13-10-9-12-19(20)23-22(25)17-24(8-3)14-7-2/h6,9-13H,1,4,7-8,14-17H2,2-3,5H3/b21-11+. The van der Waals surface area contributed by atoms with Crippen LogP contribution in [-0.4, -0.2) is 41.3 Å². The summed E-state index contributed by atoms with van der Waals surface area (Å²) in [6.07, 6.45) is 4.56. The first-order chi connectivity index (χ1) is 13.1. The molecule has 2 aromatic rings. The van der Waals surface area contributed by atoms with Crippen LogP contribution in [0, 0.1) is 0 Å². The third-order valence-corrected chi connectivity index (χ3v) is 4.45. The molecule has 0 fully saturated rings. The molecule has 1 aromatic heterocycles. The lowest BCUT2D eigenvalue weighted by Gasteiger charge is -2.20. The van der Waals surface area contributed by atoms with Crippen LogP contribution in [0.3, 0.4) is 0 Å². The number of nitrogens with zero attached hydrogens (tertiary/aromatic N) is 3. The predicted octanol–water partition coefficient (Wildman–Crippen LogP) is 4.51. The highest BCUT2D eigenvalue weighted by Crippen LogP contribution is 2.18. The number of allylic oxidation sites excluding steroid dienone is 2. The second-order valence-electron chi connectivity index (χ2n) is 6.28. The van der Waals surface area contributed by atoms with Crippen LogP contribution < -0.4 is 0 Å². The quantitative estimate of drug-likeness (QED) is 0.407. The Labute approximate surface area is 162 Å². The van der Waals surface area contributed by atoms with Crippen molar-refractivity contribution < 1.29 is 9.47 Å². The van der Waals surface area contributed by atoms with Gasteiger partial charge in [-0.15, -0.1) is 0 Å². The third-order valence-electron chi connectivity index (χ3n) is 4.45. The minimum absolute atomic E-state index is 0.491. The molecule has 1 heterocycles. The SMILES string of the molecule is C=C/C=C(/OCCn1c(CN(CC)CCC)nc2ccccc21)C(=C)OC. The van der Waals surface area contributed by atoms with Gasteiger partial charge in [0, 0.05) is 0 Å². The first-order valence-electron chi connectivity index (χ1n) is 9.49. The normalized spacial score (nSPS) is 11.8. The van der Waals surface area contributed by atoms with Gasteiger partial charge in [0.05, 0.1) is 31.2 Å². The summed E-state index contributed by atoms with van der Waals surface area (Å²) in [5, 5.41) is 0. The van der Waals surface area contributed by atoms with Gasteiger partial charge in [-0.3, -0.25) is 4.90 Å². The Kier molecular flexibility index (Phi) is 8.14. The van der Waals surface area contributed by atoms with Crippen LogP contribution in [0.1, 0.15) is 26.1 Å². The van der Waals surface area contributed by atoms with Gasteiger partial charge in [-0.1, -0.05) is 45.2 Å². The molecule has 5 heteroatoms. The Morgan fingerprint density at radius 2 is 2.07 bits per heavy atom. The number of benzene rings is 1. The van der Waals surface area contributed by atoms with E-state index in [-0.39, 0.29) is 0 Å². The smallest absolute Gasteiger partial charge is 0.160 e. The molecule has 0 atom stereocenters. The minimum atomic E-state index is 0.491. The molecule has 0 N–H and O–H groups in total. The van der Waals surface area contributed by atoms with Crippen molar-refractivity contribution in [3.8, 4) is 0 Å². The number of ether oxygens (including phenoxy) is 2. The van der Waals surface area contributed by atoms with Crippen molar-refractivity contribution in [2.45, 2.75) is 33.4 Å². The summed E-state index contributed by atoms with van der Waals surface area (Å²) in [6.45, 7) is 16.1. The minimum Gasteiger partial charge on any atom is -0.493 e. The molecule has 0 aliphatic heterocycles. The first kappa shape index (κ1) is 20.8.